The molecule has 4 rings (SSSR count). The molecule has 0 amide bonds. The van der Waals surface area contributed by atoms with E-state index in [2.05, 4.69) is 9.44 Å². The molecule has 37 heavy (non-hydrogen) atoms. The van der Waals surface area contributed by atoms with Crippen LogP contribution < -0.4 is 23.7 Å². The first-order valence-corrected chi connectivity index (χ1v) is 13.9. The Morgan fingerprint density at radius 1 is 0.568 bits per heavy atom. The highest BCUT2D eigenvalue weighted by molar-refractivity contribution is 7.93. The van der Waals surface area contributed by atoms with Gasteiger partial charge in [-0.3, -0.25) is 9.44 Å². The van der Waals surface area contributed by atoms with Gasteiger partial charge in [0, 0.05) is 11.8 Å². The Kier molecular flexibility index (Phi) is 7.55. The molecule has 0 heterocycles. The molecule has 0 saturated carbocycles. The van der Waals surface area contributed by atoms with Crippen molar-refractivity contribution >= 4 is 31.4 Å². The van der Waals surface area contributed by atoms with Crippen LogP contribution in [0.1, 0.15) is 0 Å². The average molecular weight is 541 g/mol. The Morgan fingerprint density at radius 3 is 1.70 bits per heavy atom. The van der Waals surface area contributed by atoms with E-state index in [4.69, 9.17) is 14.2 Å². The van der Waals surface area contributed by atoms with Crippen molar-refractivity contribution in [2.45, 2.75) is 9.79 Å². The van der Waals surface area contributed by atoms with Crippen molar-refractivity contribution in [1.82, 2.24) is 0 Å². The fourth-order valence-electron chi connectivity index (χ4n) is 3.31. The molecule has 4 aromatic rings. The minimum Gasteiger partial charge on any atom is -0.497 e. The minimum absolute atomic E-state index is 0.0258. The van der Waals surface area contributed by atoms with Crippen molar-refractivity contribution in [3.05, 3.63) is 97.1 Å². The monoisotopic (exact) mass is 540 g/mol. The third-order valence-electron chi connectivity index (χ3n) is 5.18. The van der Waals surface area contributed by atoms with Crippen LogP contribution in [-0.4, -0.2) is 31.1 Å². The van der Waals surface area contributed by atoms with Crippen LogP contribution in [0.25, 0.3) is 0 Å². The van der Waals surface area contributed by atoms with E-state index < -0.39 is 20.0 Å². The van der Waals surface area contributed by atoms with Crippen molar-refractivity contribution in [1.29, 1.82) is 0 Å². The summed E-state index contributed by atoms with van der Waals surface area (Å²) in [6.45, 7) is 0. The molecular weight excluding hydrogens is 516 g/mol. The highest BCUT2D eigenvalue weighted by Gasteiger charge is 2.19. The van der Waals surface area contributed by atoms with Crippen molar-refractivity contribution in [3.8, 4) is 23.0 Å². The van der Waals surface area contributed by atoms with Gasteiger partial charge in [-0.1, -0.05) is 18.2 Å². The first-order chi connectivity index (χ1) is 17.7. The second-order valence-electron chi connectivity index (χ2n) is 7.69. The first kappa shape index (κ1) is 25.9. The molecule has 0 atom stereocenters. The van der Waals surface area contributed by atoms with Gasteiger partial charge in [-0.15, -0.1) is 0 Å². The third-order valence-corrected chi connectivity index (χ3v) is 7.96. The molecule has 192 valence electrons. The van der Waals surface area contributed by atoms with Crippen LogP contribution in [0.5, 0.6) is 23.0 Å². The fourth-order valence-corrected chi connectivity index (χ4v) is 5.44. The lowest BCUT2D eigenvalue weighted by molar-refractivity contribution is 0.395. The zero-order valence-corrected chi connectivity index (χ0v) is 21.5. The molecule has 0 radical (unpaired) electrons. The summed E-state index contributed by atoms with van der Waals surface area (Å²) in [6, 6.07) is 25.1. The Hall–Kier alpha value is -4.22. The Bertz CT molecular complexity index is 1570. The standard InChI is InChI=1S/C26H24N2O7S2/c1-33-22-12-17-25(26(18-22)34-2)28-37(31,32)23-13-8-19(9-14-23)27-36(29,30)24-15-10-21(11-16-24)35-20-6-4-3-5-7-20/h3-18,27-28H,1-2H3. The van der Waals surface area contributed by atoms with Crippen LogP contribution in [0.3, 0.4) is 0 Å². The van der Waals surface area contributed by atoms with Gasteiger partial charge in [-0.2, -0.15) is 0 Å². The maximum absolute atomic E-state index is 12.9. The molecule has 2 N–H and O–H groups in total. The molecule has 0 bridgehead atoms. The lowest BCUT2D eigenvalue weighted by Gasteiger charge is -2.13. The highest BCUT2D eigenvalue weighted by atomic mass is 32.2. The summed E-state index contributed by atoms with van der Waals surface area (Å²) < 4.78 is 72.3. The molecule has 9 nitrogen and oxygen atoms in total. The summed E-state index contributed by atoms with van der Waals surface area (Å²) in [6.07, 6.45) is 0. The smallest absolute Gasteiger partial charge is 0.262 e. The predicted molar refractivity (Wildman–Crippen MR) is 141 cm³/mol. The SMILES string of the molecule is COc1ccc(NS(=O)(=O)c2ccc(NS(=O)(=O)c3ccc(Oc4ccccc4)cc3)cc2)c(OC)c1. The van der Waals surface area contributed by atoms with Gasteiger partial charge in [0.05, 0.1) is 29.7 Å². The average Bonchev–Trinajstić information content (AvgIpc) is 2.90. The van der Waals surface area contributed by atoms with E-state index in [1.807, 2.05) is 18.2 Å². The number of sulfonamides is 2. The Morgan fingerprint density at radius 2 is 1.11 bits per heavy atom. The molecular formula is C26H24N2O7S2. The normalized spacial score (nSPS) is 11.4. The maximum Gasteiger partial charge on any atom is 0.262 e. The summed E-state index contributed by atoms with van der Waals surface area (Å²) in [5.74, 6) is 1.91. The van der Waals surface area contributed by atoms with E-state index in [1.165, 1.54) is 56.7 Å². The number of methoxy groups -OCH3 is 2. The lowest BCUT2D eigenvalue weighted by atomic mass is 10.3. The van der Waals surface area contributed by atoms with E-state index in [0.29, 0.717) is 17.2 Å². The predicted octanol–water partition coefficient (Wildman–Crippen LogP) is 5.10. The van der Waals surface area contributed by atoms with E-state index in [1.54, 1.807) is 36.4 Å². The van der Waals surface area contributed by atoms with Crippen LogP contribution in [0.15, 0.2) is 107 Å². The maximum atomic E-state index is 12.9. The van der Waals surface area contributed by atoms with Crippen LogP contribution in [0, 0.1) is 0 Å². The molecule has 11 heteroatoms. The van der Waals surface area contributed by atoms with E-state index in [9.17, 15) is 16.8 Å². The van der Waals surface area contributed by atoms with Crippen molar-refractivity contribution < 1.29 is 31.0 Å². The number of nitrogens with one attached hydrogen (secondary N) is 2. The third kappa shape index (κ3) is 6.32. The molecule has 0 aliphatic rings. The van der Waals surface area contributed by atoms with Crippen molar-refractivity contribution in [2.24, 2.45) is 0 Å². The minimum atomic E-state index is -3.97. The summed E-state index contributed by atoms with van der Waals surface area (Å²) in [5, 5.41) is 0. The van der Waals surface area contributed by atoms with Gasteiger partial charge in [0.25, 0.3) is 20.0 Å². The van der Waals surface area contributed by atoms with Gasteiger partial charge in [-0.25, -0.2) is 16.8 Å². The van der Waals surface area contributed by atoms with E-state index in [0.717, 1.165) is 0 Å². The zero-order chi connectivity index (χ0) is 26.5. The van der Waals surface area contributed by atoms with Gasteiger partial charge >= 0.3 is 0 Å². The van der Waals surface area contributed by atoms with Crippen LogP contribution in [0.2, 0.25) is 0 Å². The molecule has 0 unspecified atom stereocenters. The highest BCUT2D eigenvalue weighted by Crippen LogP contribution is 2.31. The number of benzene rings is 4. The summed E-state index contributed by atoms with van der Waals surface area (Å²) in [7, 11) is -4.98. The van der Waals surface area contributed by atoms with Crippen molar-refractivity contribution in [3.63, 3.8) is 0 Å². The van der Waals surface area contributed by atoms with Gasteiger partial charge in [0.1, 0.15) is 23.0 Å². The van der Waals surface area contributed by atoms with E-state index in [-0.39, 0.29) is 26.9 Å². The number of anilines is 2. The largest absolute Gasteiger partial charge is 0.497 e. The molecule has 0 aromatic heterocycles. The summed E-state index contributed by atoms with van der Waals surface area (Å²) in [5.41, 5.74) is 0.429. The lowest BCUT2D eigenvalue weighted by Crippen LogP contribution is -2.15. The molecule has 4 aromatic carbocycles. The Balaban J connectivity index is 1.45. The van der Waals surface area contributed by atoms with Crippen LogP contribution in [0.4, 0.5) is 11.4 Å². The van der Waals surface area contributed by atoms with Gasteiger partial charge < -0.3 is 14.2 Å². The summed E-state index contributed by atoms with van der Waals surface area (Å²) in [4.78, 5) is -0.0337. The number of rotatable bonds is 10. The molecule has 0 fully saturated rings. The van der Waals surface area contributed by atoms with Gasteiger partial charge in [-0.05, 0) is 72.8 Å². The second-order valence-corrected chi connectivity index (χ2v) is 11.1. The number of hydrogen-bond donors (Lipinski definition) is 2. The van der Waals surface area contributed by atoms with Crippen molar-refractivity contribution in [2.75, 3.05) is 23.7 Å². The molecule has 0 aliphatic heterocycles. The van der Waals surface area contributed by atoms with Gasteiger partial charge in [0.15, 0.2) is 0 Å². The van der Waals surface area contributed by atoms with Crippen LogP contribution in [-0.2, 0) is 20.0 Å². The Labute approximate surface area is 215 Å². The topological polar surface area (TPSA) is 120 Å². The zero-order valence-electron chi connectivity index (χ0n) is 19.9. The number of hydrogen-bond acceptors (Lipinski definition) is 7. The number of ether oxygens (including phenoxy) is 3. The quantitative estimate of drug-likeness (QED) is 0.287. The first-order valence-electron chi connectivity index (χ1n) is 10.9. The molecule has 0 saturated heterocycles. The second kappa shape index (κ2) is 10.8. The molecule has 0 spiro atoms. The summed E-state index contributed by atoms with van der Waals surface area (Å²) >= 11 is 0. The fraction of sp³-hybridized carbons (Fsp3) is 0.0769. The molecule has 0 aliphatic carbocycles. The van der Waals surface area contributed by atoms with E-state index >= 15 is 0 Å². The number of para-hydroxylation sites is 1. The van der Waals surface area contributed by atoms with Gasteiger partial charge in [0.2, 0.25) is 0 Å². The van der Waals surface area contributed by atoms with Crippen LogP contribution >= 0.6 is 0 Å².